The minimum Gasteiger partial charge on any atom is -0.492 e. The van der Waals surface area contributed by atoms with Crippen molar-refractivity contribution in [2.45, 2.75) is 32.2 Å². The number of hydrogen-bond acceptors (Lipinski definition) is 5. The van der Waals surface area contributed by atoms with Crippen molar-refractivity contribution in [3.8, 4) is 5.75 Å². The third kappa shape index (κ3) is 3.35. The van der Waals surface area contributed by atoms with E-state index in [9.17, 15) is 14.7 Å². The second kappa shape index (κ2) is 7.75. The zero-order chi connectivity index (χ0) is 21.6. The van der Waals surface area contributed by atoms with Crippen molar-refractivity contribution in [2.24, 2.45) is 11.7 Å². The maximum Gasteiger partial charge on any atom is 0.341 e. The molecule has 1 atom stereocenters. The fourth-order valence-corrected chi connectivity index (χ4v) is 4.43. The Morgan fingerprint density at radius 1 is 1.43 bits per heavy atom. The molecule has 0 spiro atoms. The monoisotopic (exact) mass is 415 g/mol. The first-order valence-corrected chi connectivity index (χ1v) is 10.2. The van der Waals surface area contributed by atoms with Crippen molar-refractivity contribution >= 4 is 22.6 Å². The van der Waals surface area contributed by atoms with Crippen molar-refractivity contribution in [1.29, 1.82) is 0 Å². The number of nitrogens with two attached hydrogens (primary N) is 1. The van der Waals surface area contributed by atoms with Gasteiger partial charge in [0.2, 0.25) is 5.43 Å². The molecule has 0 bridgehead atoms. The fourth-order valence-electron chi connectivity index (χ4n) is 4.43. The minimum atomic E-state index is -1.32. The molecule has 3 N–H and O–H groups in total. The lowest BCUT2D eigenvalue weighted by Crippen LogP contribution is -2.37. The number of hydrogen-bond donors (Lipinski definition) is 2. The Bertz CT molecular complexity index is 1100. The Balaban J connectivity index is 1.92. The third-order valence-corrected chi connectivity index (χ3v) is 6.07. The summed E-state index contributed by atoms with van der Waals surface area (Å²) in [5, 5.41) is 9.48. The van der Waals surface area contributed by atoms with Crippen molar-refractivity contribution in [1.82, 2.24) is 4.57 Å². The topological polar surface area (TPSA) is 97.8 Å². The van der Waals surface area contributed by atoms with Gasteiger partial charge in [0.25, 0.3) is 0 Å². The lowest BCUT2D eigenvalue weighted by molar-refractivity contribution is 0.0695. The number of carbonyl (C=O) groups is 1. The van der Waals surface area contributed by atoms with Gasteiger partial charge in [-0.15, -0.1) is 0 Å². The molecular weight excluding hydrogens is 389 g/mol. The number of aromatic carboxylic acids is 1. The number of halogens is 1. The van der Waals surface area contributed by atoms with E-state index in [0.29, 0.717) is 30.8 Å². The van der Waals surface area contributed by atoms with Crippen LogP contribution in [0.2, 0.25) is 0 Å². The van der Waals surface area contributed by atoms with Gasteiger partial charge < -0.3 is 25.0 Å². The van der Waals surface area contributed by atoms with Crippen LogP contribution in [0.3, 0.4) is 0 Å². The molecule has 30 heavy (non-hydrogen) atoms. The molecular formula is C22H26FN3O4. The third-order valence-electron chi connectivity index (χ3n) is 6.07. The number of pyridine rings is 1. The van der Waals surface area contributed by atoms with Crippen LogP contribution in [0, 0.1) is 11.7 Å². The van der Waals surface area contributed by atoms with E-state index in [4.69, 9.17) is 10.5 Å². The van der Waals surface area contributed by atoms with Crippen LogP contribution in [-0.2, 0) is 0 Å². The van der Waals surface area contributed by atoms with E-state index in [-0.39, 0.29) is 28.7 Å². The molecule has 1 aromatic heterocycles. The number of carboxylic acids is 1. The summed E-state index contributed by atoms with van der Waals surface area (Å²) in [5.41, 5.74) is 6.64. The molecule has 0 radical (unpaired) electrons. The standard InChI is InChI=1S/C22H26FN3O4/c1-12-10-25(8-6-13(12)5-7-24)19-17(23)9-15-18(21(19)30-2)26(14-3-4-14)11-16(20(15)27)22(28)29/h5,9,11-12,14H,3-4,6-8,10,24H2,1-2H3,(H,28,29)/b13-5-. The van der Waals surface area contributed by atoms with Crippen LogP contribution < -0.4 is 20.8 Å². The molecule has 2 heterocycles. The quantitative estimate of drug-likeness (QED) is 0.729. The normalized spacial score (nSPS) is 20.7. The van der Waals surface area contributed by atoms with E-state index < -0.39 is 17.2 Å². The van der Waals surface area contributed by atoms with E-state index >= 15 is 4.39 Å². The maximum absolute atomic E-state index is 15.3. The Hall–Kier alpha value is -2.87. The minimum absolute atomic E-state index is 0.0358. The van der Waals surface area contributed by atoms with Gasteiger partial charge in [-0.1, -0.05) is 18.6 Å². The highest BCUT2D eigenvalue weighted by Gasteiger charge is 2.32. The van der Waals surface area contributed by atoms with E-state index in [0.717, 1.165) is 25.3 Å². The molecule has 7 nitrogen and oxygen atoms in total. The average molecular weight is 415 g/mol. The molecule has 160 valence electrons. The number of piperidine rings is 1. The van der Waals surface area contributed by atoms with Gasteiger partial charge in [0.05, 0.1) is 18.0 Å². The van der Waals surface area contributed by atoms with Gasteiger partial charge in [-0.25, -0.2) is 9.18 Å². The molecule has 8 heteroatoms. The number of fused-ring (bicyclic) bond motifs is 1. The Labute approximate surface area is 173 Å². The van der Waals surface area contributed by atoms with Gasteiger partial charge in [0.15, 0.2) is 11.6 Å². The lowest BCUT2D eigenvalue weighted by Gasteiger charge is -2.36. The van der Waals surface area contributed by atoms with Gasteiger partial charge in [0, 0.05) is 31.9 Å². The number of rotatable bonds is 5. The Morgan fingerprint density at radius 3 is 2.73 bits per heavy atom. The second-order valence-corrected chi connectivity index (χ2v) is 8.06. The van der Waals surface area contributed by atoms with Crippen molar-refractivity contribution in [2.75, 3.05) is 31.6 Å². The predicted octanol–water partition coefficient (Wildman–Crippen LogP) is 2.91. The zero-order valence-electron chi connectivity index (χ0n) is 17.2. The number of aromatic nitrogens is 1. The number of carboxylic acid groups (broad SMARTS) is 1. The molecule has 1 aliphatic carbocycles. The number of anilines is 1. The molecule has 2 fully saturated rings. The van der Waals surface area contributed by atoms with E-state index in [2.05, 4.69) is 6.92 Å². The zero-order valence-corrected chi connectivity index (χ0v) is 17.2. The average Bonchev–Trinajstić information content (AvgIpc) is 3.54. The first-order chi connectivity index (χ1) is 14.4. The lowest BCUT2D eigenvalue weighted by atomic mass is 9.92. The molecule has 2 aromatic rings. The molecule has 1 aliphatic heterocycles. The summed E-state index contributed by atoms with van der Waals surface area (Å²) >= 11 is 0. The SMILES string of the molecule is COc1c(N2CC/C(=C/CN)C(C)C2)c(F)cc2c(=O)c(C(=O)O)cn(C3CC3)c12. The molecule has 1 aromatic carbocycles. The summed E-state index contributed by atoms with van der Waals surface area (Å²) < 4.78 is 22.8. The first-order valence-electron chi connectivity index (χ1n) is 10.2. The summed E-state index contributed by atoms with van der Waals surface area (Å²) in [6.45, 7) is 3.77. The van der Waals surface area contributed by atoms with Crippen LogP contribution in [-0.4, -0.2) is 42.4 Å². The molecule has 0 amide bonds. The summed E-state index contributed by atoms with van der Waals surface area (Å²) in [6, 6.07) is 1.24. The number of ether oxygens (including phenoxy) is 1. The van der Waals surface area contributed by atoms with Crippen LogP contribution in [0.1, 0.15) is 42.6 Å². The van der Waals surface area contributed by atoms with Crippen LogP contribution >= 0.6 is 0 Å². The van der Waals surface area contributed by atoms with Crippen molar-refractivity contribution in [3.05, 3.63) is 45.5 Å². The van der Waals surface area contributed by atoms with Gasteiger partial charge in [0.1, 0.15) is 11.3 Å². The van der Waals surface area contributed by atoms with Gasteiger partial charge in [-0.2, -0.15) is 0 Å². The highest BCUT2D eigenvalue weighted by molar-refractivity contribution is 5.97. The molecule has 1 saturated heterocycles. The fraction of sp³-hybridized carbons (Fsp3) is 0.455. The molecule has 4 rings (SSSR count). The number of methoxy groups -OCH3 is 1. The van der Waals surface area contributed by atoms with E-state index in [1.807, 2.05) is 11.0 Å². The Morgan fingerprint density at radius 2 is 2.17 bits per heavy atom. The van der Waals surface area contributed by atoms with Crippen LogP contribution in [0.15, 0.2) is 28.7 Å². The summed E-state index contributed by atoms with van der Waals surface area (Å²) in [7, 11) is 1.46. The summed E-state index contributed by atoms with van der Waals surface area (Å²) in [5.74, 6) is -1.41. The smallest absolute Gasteiger partial charge is 0.341 e. The van der Waals surface area contributed by atoms with Gasteiger partial charge >= 0.3 is 5.97 Å². The van der Waals surface area contributed by atoms with Crippen LogP contribution in [0.25, 0.3) is 10.9 Å². The van der Waals surface area contributed by atoms with Crippen molar-refractivity contribution < 1.29 is 19.0 Å². The van der Waals surface area contributed by atoms with E-state index in [1.54, 1.807) is 4.57 Å². The van der Waals surface area contributed by atoms with E-state index in [1.165, 1.54) is 18.9 Å². The van der Waals surface area contributed by atoms with Crippen molar-refractivity contribution in [3.63, 3.8) is 0 Å². The van der Waals surface area contributed by atoms with Crippen LogP contribution in [0.5, 0.6) is 5.75 Å². The summed E-state index contributed by atoms with van der Waals surface area (Å²) in [6.07, 6.45) is 5.91. The maximum atomic E-state index is 15.3. The van der Waals surface area contributed by atoms with Crippen LogP contribution in [0.4, 0.5) is 10.1 Å². The molecule has 2 aliphatic rings. The van der Waals surface area contributed by atoms with Gasteiger partial charge in [-0.3, -0.25) is 4.79 Å². The highest BCUT2D eigenvalue weighted by atomic mass is 19.1. The summed E-state index contributed by atoms with van der Waals surface area (Å²) in [4.78, 5) is 26.3. The second-order valence-electron chi connectivity index (χ2n) is 8.06. The highest BCUT2D eigenvalue weighted by Crippen LogP contribution is 2.44. The first kappa shape index (κ1) is 20.4. The van der Waals surface area contributed by atoms with Gasteiger partial charge in [-0.05, 0) is 31.2 Å². The number of benzene rings is 1. The largest absolute Gasteiger partial charge is 0.492 e. The Kier molecular flexibility index (Phi) is 5.27. The predicted molar refractivity (Wildman–Crippen MR) is 113 cm³/mol. The molecule has 1 saturated carbocycles. The number of nitrogens with zero attached hydrogens (tertiary/aromatic N) is 2. The molecule has 1 unspecified atom stereocenters.